The molecule has 0 aliphatic rings. The molecule has 0 aliphatic carbocycles. The number of carboxylic acids is 1. The Morgan fingerprint density at radius 3 is 2.39 bits per heavy atom. The first-order valence-corrected chi connectivity index (χ1v) is 11.7. The predicted molar refractivity (Wildman–Crippen MR) is 130 cm³/mol. The molecule has 36 heavy (non-hydrogen) atoms. The van der Waals surface area contributed by atoms with E-state index in [2.05, 4.69) is 21.7 Å². The largest absolute Gasteiger partial charge is 0.480 e. The Morgan fingerprint density at radius 1 is 1.11 bits per heavy atom. The monoisotopic (exact) mass is 528 g/mol. The fraction of sp³-hybridized carbons (Fsp3) is 0.435. The Balaban J connectivity index is 2.60. The fourth-order valence-electron chi connectivity index (χ4n) is 3.04. The first-order valence-electron chi connectivity index (χ1n) is 11.3. The molecule has 0 spiro atoms. The number of nitrogens with two attached hydrogens (primary N) is 1. The van der Waals surface area contributed by atoms with Gasteiger partial charge in [0.05, 0.1) is 11.6 Å². The highest BCUT2D eigenvalue weighted by Gasteiger charge is 2.24. The Morgan fingerprint density at radius 2 is 1.81 bits per heavy atom. The third-order valence-corrected chi connectivity index (χ3v) is 5.40. The van der Waals surface area contributed by atoms with Gasteiger partial charge >= 0.3 is 5.97 Å². The highest BCUT2D eigenvalue weighted by atomic mass is 35.5. The van der Waals surface area contributed by atoms with Gasteiger partial charge in [-0.15, -0.1) is 0 Å². The Kier molecular flexibility index (Phi) is 13.1. The summed E-state index contributed by atoms with van der Waals surface area (Å²) in [7, 11) is 0. The summed E-state index contributed by atoms with van der Waals surface area (Å²) < 4.78 is 13.1. The van der Waals surface area contributed by atoms with Crippen LogP contribution in [0.5, 0.6) is 0 Å². The Hall–Kier alpha value is -3.51. The van der Waals surface area contributed by atoms with E-state index in [0.717, 1.165) is 18.6 Å². The maximum Gasteiger partial charge on any atom is 0.326 e. The number of rotatable bonds is 15. The van der Waals surface area contributed by atoms with Crippen molar-refractivity contribution in [2.24, 2.45) is 5.73 Å². The second-order valence-corrected chi connectivity index (χ2v) is 8.45. The lowest BCUT2D eigenvalue weighted by Gasteiger charge is -2.19. The molecule has 11 nitrogen and oxygen atoms in total. The van der Waals surface area contributed by atoms with Crippen molar-refractivity contribution in [2.45, 2.75) is 57.2 Å². The number of nitrogens with one attached hydrogen (secondary N) is 3. The van der Waals surface area contributed by atoms with Crippen molar-refractivity contribution in [1.29, 1.82) is 0 Å². The van der Waals surface area contributed by atoms with Crippen LogP contribution in [0.4, 0.5) is 4.39 Å². The van der Waals surface area contributed by atoms with E-state index in [1.807, 2.05) is 0 Å². The number of unbranched alkanes of at least 4 members (excludes halogenated alkanes) is 1. The molecule has 1 unspecified atom stereocenters. The van der Waals surface area contributed by atoms with E-state index in [0.29, 0.717) is 18.5 Å². The van der Waals surface area contributed by atoms with Gasteiger partial charge in [0.25, 0.3) is 0 Å². The van der Waals surface area contributed by atoms with Crippen molar-refractivity contribution in [3.8, 4) is 0 Å². The van der Waals surface area contributed by atoms with E-state index in [-0.39, 0.29) is 24.3 Å². The molecule has 0 saturated carbocycles. The van der Waals surface area contributed by atoms with Crippen LogP contribution in [0, 0.1) is 5.82 Å². The van der Waals surface area contributed by atoms with E-state index in [1.54, 1.807) is 0 Å². The molecule has 0 fully saturated rings. The maximum absolute atomic E-state index is 13.1. The van der Waals surface area contributed by atoms with Gasteiger partial charge in [0, 0.05) is 12.5 Å². The summed E-state index contributed by atoms with van der Waals surface area (Å²) in [5, 5.41) is 16.5. The lowest BCUT2D eigenvalue weighted by Crippen LogP contribution is -2.52. The standard InChI is InChI=1S/C23H31ClFN5O6/c1-13(28-19(31)9-6-14-5-7-15(25)12-16(14)24)22(34)30-17(21(27)33)8-10-20(32)29-18(23(35)36)4-2-3-11-26/h5-7,9,12-13,17-18H,2-4,8,10-11,26H2,1H3,(H2,27,33)(H,28,31)(H,29,32)(H,30,34)(H,35,36)/p+1/b9-6+/t13-,17+,18?/m0/s1. The van der Waals surface area contributed by atoms with E-state index in [9.17, 15) is 33.5 Å². The number of hydrogen-bond donors (Lipinski definition) is 6. The summed E-state index contributed by atoms with van der Waals surface area (Å²) in [5.74, 6) is -4.58. The molecule has 1 aromatic carbocycles. The smallest absolute Gasteiger partial charge is 0.326 e. The number of carbonyl (C=O) groups is 5. The highest BCUT2D eigenvalue weighted by Crippen LogP contribution is 2.18. The SMILES string of the molecule is C[C@H](NC(=O)/C=C/c1ccc(F)cc1Cl)C(=O)N[C@H](CCC(=O)NC(CCCC[NH3+])C(=O)O)C(N)=O. The van der Waals surface area contributed by atoms with Crippen LogP contribution in [0.3, 0.4) is 0 Å². The number of carbonyl (C=O) groups excluding carboxylic acids is 4. The summed E-state index contributed by atoms with van der Waals surface area (Å²) in [4.78, 5) is 59.8. The zero-order valence-electron chi connectivity index (χ0n) is 19.9. The molecular weight excluding hydrogens is 497 g/mol. The van der Waals surface area contributed by atoms with Gasteiger partial charge in [0.15, 0.2) is 0 Å². The minimum atomic E-state index is -1.22. The third-order valence-electron chi connectivity index (χ3n) is 5.07. The van der Waals surface area contributed by atoms with Crippen LogP contribution in [0.1, 0.15) is 44.6 Å². The highest BCUT2D eigenvalue weighted by molar-refractivity contribution is 6.32. The van der Waals surface area contributed by atoms with Gasteiger partial charge in [-0.25, -0.2) is 9.18 Å². The van der Waals surface area contributed by atoms with Gasteiger partial charge in [-0.05, 0) is 56.4 Å². The summed E-state index contributed by atoms with van der Waals surface area (Å²) in [6.45, 7) is 2.03. The van der Waals surface area contributed by atoms with E-state index in [1.165, 1.54) is 25.1 Å². The van der Waals surface area contributed by atoms with Gasteiger partial charge in [-0.1, -0.05) is 17.7 Å². The average Bonchev–Trinajstić information content (AvgIpc) is 2.80. The number of hydrogen-bond acceptors (Lipinski definition) is 5. The van der Waals surface area contributed by atoms with Crippen molar-refractivity contribution in [2.75, 3.05) is 6.54 Å². The maximum atomic E-state index is 13.1. The quantitative estimate of drug-likeness (QED) is 0.134. The first-order chi connectivity index (χ1) is 16.9. The van der Waals surface area contributed by atoms with E-state index < -0.39 is 53.5 Å². The van der Waals surface area contributed by atoms with Crippen LogP contribution in [-0.2, 0) is 24.0 Å². The minimum absolute atomic E-state index is 0.103. The van der Waals surface area contributed by atoms with E-state index >= 15 is 0 Å². The number of aliphatic carboxylic acids is 1. The van der Waals surface area contributed by atoms with Gasteiger partial charge in [-0.3, -0.25) is 19.2 Å². The number of halogens is 2. The molecule has 0 bridgehead atoms. The molecule has 198 valence electrons. The molecule has 1 aromatic rings. The zero-order chi connectivity index (χ0) is 27.3. The number of primary amides is 1. The molecule has 4 amide bonds. The molecule has 3 atom stereocenters. The van der Waals surface area contributed by atoms with Gasteiger partial charge in [0.2, 0.25) is 23.6 Å². The van der Waals surface area contributed by atoms with Crippen LogP contribution >= 0.6 is 11.6 Å². The molecule has 0 heterocycles. The normalized spacial score (nSPS) is 13.4. The van der Waals surface area contributed by atoms with Crippen molar-refractivity contribution >= 4 is 47.3 Å². The third kappa shape index (κ3) is 11.3. The Bertz CT molecular complexity index is 990. The van der Waals surface area contributed by atoms with Crippen molar-refractivity contribution in [3.63, 3.8) is 0 Å². The summed E-state index contributed by atoms with van der Waals surface area (Å²) in [5.41, 5.74) is 9.39. The van der Waals surface area contributed by atoms with Crippen LogP contribution in [0.25, 0.3) is 6.08 Å². The average molecular weight is 529 g/mol. The topological polar surface area (TPSA) is 195 Å². The molecule has 0 aromatic heterocycles. The van der Waals surface area contributed by atoms with Gasteiger partial charge in [-0.2, -0.15) is 0 Å². The van der Waals surface area contributed by atoms with Crippen molar-refractivity contribution in [3.05, 3.63) is 40.7 Å². The number of benzene rings is 1. The first kappa shape index (κ1) is 30.5. The lowest BCUT2D eigenvalue weighted by atomic mass is 10.1. The van der Waals surface area contributed by atoms with Crippen molar-refractivity contribution < 1.29 is 39.2 Å². The van der Waals surface area contributed by atoms with Gasteiger partial charge < -0.3 is 32.5 Å². The number of quaternary nitrogens is 1. The fourth-order valence-corrected chi connectivity index (χ4v) is 3.27. The van der Waals surface area contributed by atoms with Gasteiger partial charge in [0.1, 0.15) is 23.9 Å². The van der Waals surface area contributed by atoms with Crippen molar-refractivity contribution in [1.82, 2.24) is 16.0 Å². The van der Waals surface area contributed by atoms with E-state index in [4.69, 9.17) is 17.3 Å². The molecule has 0 saturated heterocycles. The van der Waals surface area contributed by atoms with Crippen LogP contribution < -0.4 is 27.4 Å². The van der Waals surface area contributed by atoms with Crippen LogP contribution in [0.15, 0.2) is 24.3 Å². The predicted octanol–water partition coefficient (Wildman–Crippen LogP) is -0.271. The Labute approximate surface area is 212 Å². The molecule has 13 heteroatoms. The molecule has 0 aliphatic heterocycles. The second kappa shape index (κ2) is 15.5. The molecule has 0 radical (unpaired) electrons. The molecule has 1 rings (SSSR count). The zero-order valence-corrected chi connectivity index (χ0v) is 20.6. The summed E-state index contributed by atoms with van der Waals surface area (Å²) in [6.07, 6.45) is 3.57. The number of amides is 4. The second-order valence-electron chi connectivity index (χ2n) is 8.04. The van der Waals surface area contributed by atoms with Crippen LogP contribution in [-0.4, -0.2) is 59.4 Å². The minimum Gasteiger partial charge on any atom is -0.480 e. The molecular formula is C23H32ClFN5O6+. The summed E-state index contributed by atoms with van der Waals surface area (Å²) in [6, 6.07) is 0.295. The molecule has 9 N–H and O–H groups in total. The van der Waals surface area contributed by atoms with Crippen LogP contribution in [0.2, 0.25) is 5.02 Å². The number of carboxylic acid groups (broad SMARTS) is 1. The summed E-state index contributed by atoms with van der Waals surface area (Å²) >= 11 is 5.89. The lowest BCUT2D eigenvalue weighted by molar-refractivity contribution is -0.368.